The lowest BCUT2D eigenvalue weighted by Crippen LogP contribution is -2.36. The number of unbranched alkanes of at least 4 members (excludes halogenated alkanes) is 1. The summed E-state index contributed by atoms with van der Waals surface area (Å²) in [6.07, 6.45) is 5.06. The van der Waals surface area contributed by atoms with Crippen molar-refractivity contribution >= 4 is 16.9 Å². The molecule has 2 aromatic heterocycles. The Hall–Kier alpha value is -2.67. The van der Waals surface area contributed by atoms with Crippen molar-refractivity contribution in [2.24, 2.45) is 0 Å². The van der Waals surface area contributed by atoms with Gasteiger partial charge in [-0.05, 0) is 37.1 Å². The smallest absolute Gasteiger partial charge is 0.320 e. The first-order chi connectivity index (χ1) is 13.2. The third-order valence-corrected chi connectivity index (χ3v) is 4.91. The first-order valence-corrected chi connectivity index (χ1v) is 9.65. The number of nitrogens with zero attached hydrogens (tertiary/aromatic N) is 5. The van der Waals surface area contributed by atoms with Crippen LogP contribution in [0.15, 0.2) is 30.5 Å². The van der Waals surface area contributed by atoms with Crippen LogP contribution in [0, 0.1) is 0 Å². The molecule has 0 unspecified atom stereocenters. The predicted molar refractivity (Wildman–Crippen MR) is 106 cm³/mol. The molecule has 0 atom stereocenters. The van der Waals surface area contributed by atoms with Gasteiger partial charge in [0.1, 0.15) is 5.82 Å². The second-order valence-corrected chi connectivity index (χ2v) is 7.08. The molecule has 3 heterocycles. The van der Waals surface area contributed by atoms with E-state index in [0.717, 1.165) is 24.8 Å². The van der Waals surface area contributed by atoms with Crippen molar-refractivity contribution in [2.45, 2.75) is 39.3 Å². The molecule has 0 amide bonds. The Kier molecular flexibility index (Phi) is 5.20. The van der Waals surface area contributed by atoms with Crippen LogP contribution < -0.4 is 10.5 Å². The summed E-state index contributed by atoms with van der Waals surface area (Å²) in [5.41, 5.74) is 9.32. The van der Waals surface area contributed by atoms with Gasteiger partial charge in [-0.3, -0.25) is 4.90 Å². The summed E-state index contributed by atoms with van der Waals surface area (Å²) in [6, 6.07) is 8.98. The number of nitrogens with two attached hydrogens (primary N) is 1. The number of aromatic nitrogens is 4. The first-order valence-electron chi connectivity index (χ1n) is 9.65. The van der Waals surface area contributed by atoms with Crippen LogP contribution in [-0.2, 0) is 13.1 Å². The summed E-state index contributed by atoms with van der Waals surface area (Å²) in [5, 5.41) is 5.23. The van der Waals surface area contributed by atoms with Crippen LogP contribution in [0.4, 0.5) is 5.82 Å². The Bertz CT molecular complexity index is 918. The second kappa shape index (κ2) is 7.92. The van der Waals surface area contributed by atoms with Gasteiger partial charge in [-0.15, -0.1) is 0 Å². The Morgan fingerprint density at radius 1 is 1.15 bits per heavy atom. The van der Waals surface area contributed by atoms with E-state index in [4.69, 9.17) is 10.5 Å². The largest absolute Gasteiger partial charge is 0.463 e. The van der Waals surface area contributed by atoms with Crippen molar-refractivity contribution in [3.05, 3.63) is 41.6 Å². The van der Waals surface area contributed by atoms with E-state index >= 15 is 0 Å². The summed E-state index contributed by atoms with van der Waals surface area (Å²) < 4.78 is 7.51. The van der Waals surface area contributed by atoms with E-state index in [-0.39, 0.29) is 0 Å². The van der Waals surface area contributed by atoms with Crippen LogP contribution in [0.2, 0.25) is 0 Å². The minimum absolute atomic E-state index is 0.321. The lowest BCUT2D eigenvalue weighted by molar-refractivity contribution is 0.172. The molecule has 0 saturated carbocycles. The van der Waals surface area contributed by atoms with E-state index in [0.29, 0.717) is 30.6 Å². The molecule has 142 valence electrons. The maximum atomic E-state index is 6.08. The van der Waals surface area contributed by atoms with Gasteiger partial charge in [0.15, 0.2) is 5.65 Å². The number of likely N-dealkylation sites (tertiary alicyclic amines) is 1. The van der Waals surface area contributed by atoms with Crippen LogP contribution in [0.5, 0.6) is 6.01 Å². The highest BCUT2D eigenvalue weighted by molar-refractivity contribution is 5.85. The molecule has 1 saturated heterocycles. The number of fused-ring (bicyclic) bond motifs is 1. The van der Waals surface area contributed by atoms with Gasteiger partial charge in [-0.25, -0.2) is 4.68 Å². The number of anilines is 1. The summed E-state index contributed by atoms with van der Waals surface area (Å²) in [5.74, 6) is 0.407. The lowest BCUT2D eigenvalue weighted by Gasteiger charge is -2.30. The van der Waals surface area contributed by atoms with E-state index < -0.39 is 0 Å². The zero-order valence-electron chi connectivity index (χ0n) is 15.8. The maximum Gasteiger partial charge on any atom is 0.320 e. The van der Waals surface area contributed by atoms with E-state index in [1.807, 2.05) is 4.68 Å². The number of ether oxygens (including phenoxy) is 1. The molecule has 7 nitrogen and oxygen atoms in total. The monoisotopic (exact) mass is 366 g/mol. The number of hydrogen-bond acceptors (Lipinski definition) is 6. The molecule has 3 aromatic rings. The van der Waals surface area contributed by atoms with Crippen molar-refractivity contribution in [3.8, 4) is 6.01 Å². The number of hydrogen-bond donors (Lipinski definition) is 1. The summed E-state index contributed by atoms with van der Waals surface area (Å²) >= 11 is 0. The topological polar surface area (TPSA) is 82.1 Å². The Morgan fingerprint density at radius 3 is 2.70 bits per heavy atom. The highest BCUT2D eigenvalue weighted by atomic mass is 16.5. The van der Waals surface area contributed by atoms with E-state index in [1.165, 1.54) is 30.6 Å². The first kappa shape index (κ1) is 17.7. The number of nitrogen functional groups attached to an aromatic ring is 1. The minimum atomic E-state index is 0.321. The molecule has 0 aliphatic carbocycles. The third kappa shape index (κ3) is 4.03. The Morgan fingerprint density at radius 2 is 1.96 bits per heavy atom. The minimum Gasteiger partial charge on any atom is -0.463 e. The van der Waals surface area contributed by atoms with E-state index in [1.54, 1.807) is 6.20 Å². The van der Waals surface area contributed by atoms with Crippen molar-refractivity contribution in [1.82, 2.24) is 24.6 Å². The van der Waals surface area contributed by atoms with Crippen molar-refractivity contribution in [2.75, 3.05) is 25.4 Å². The highest BCUT2D eigenvalue weighted by Crippen LogP contribution is 2.22. The predicted octanol–water partition coefficient (Wildman–Crippen LogP) is 2.84. The van der Waals surface area contributed by atoms with Gasteiger partial charge in [-0.1, -0.05) is 37.6 Å². The average Bonchev–Trinajstić information content (AvgIpc) is 3.02. The SMILES string of the molecule is CCCCOc1nc(N)c2cnn(Cc3cccc(CN4CCC4)c3)c2n1. The zero-order chi connectivity index (χ0) is 18.6. The number of rotatable bonds is 8. The van der Waals surface area contributed by atoms with Gasteiger partial charge in [0.25, 0.3) is 0 Å². The fourth-order valence-electron chi connectivity index (χ4n) is 3.24. The summed E-state index contributed by atoms with van der Waals surface area (Å²) in [4.78, 5) is 11.2. The normalized spacial score (nSPS) is 14.4. The van der Waals surface area contributed by atoms with Gasteiger partial charge in [0.2, 0.25) is 0 Å². The van der Waals surface area contributed by atoms with Crippen LogP contribution in [0.1, 0.15) is 37.3 Å². The van der Waals surface area contributed by atoms with Gasteiger partial charge in [0, 0.05) is 6.54 Å². The molecule has 0 radical (unpaired) electrons. The zero-order valence-corrected chi connectivity index (χ0v) is 15.8. The Labute approximate surface area is 159 Å². The standard InChI is InChI=1S/C20H26N6O/c1-2-3-10-27-20-23-18(21)17-12-22-26(19(17)24-20)14-16-7-4-6-15(11-16)13-25-8-5-9-25/h4,6-7,11-12H,2-3,5,8-10,13-14H2,1H3,(H2,21,23,24). The fourth-order valence-corrected chi connectivity index (χ4v) is 3.24. The van der Waals surface area contributed by atoms with Crippen LogP contribution in [-0.4, -0.2) is 44.3 Å². The van der Waals surface area contributed by atoms with E-state index in [9.17, 15) is 0 Å². The summed E-state index contributed by atoms with van der Waals surface area (Å²) in [6.45, 7) is 6.76. The van der Waals surface area contributed by atoms with Crippen LogP contribution >= 0.6 is 0 Å². The van der Waals surface area contributed by atoms with Crippen molar-refractivity contribution < 1.29 is 4.74 Å². The van der Waals surface area contributed by atoms with Crippen molar-refractivity contribution in [3.63, 3.8) is 0 Å². The van der Waals surface area contributed by atoms with Gasteiger partial charge >= 0.3 is 6.01 Å². The lowest BCUT2D eigenvalue weighted by atomic mass is 10.1. The van der Waals surface area contributed by atoms with Crippen LogP contribution in [0.3, 0.4) is 0 Å². The molecule has 1 fully saturated rings. The van der Waals surface area contributed by atoms with Gasteiger partial charge < -0.3 is 10.5 Å². The quantitative estimate of drug-likeness (QED) is 0.617. The third-order valence-electron chi connectivity index (χ3n) is 4.91. The van der Waals surface area contributed by atoms with Crippen molar-refractivity contribution in [1.29, 1.82) is 0 Å². The molecule has 2 N–H and O–H groups in total. The fraction of sp³-hybridized carbons (Fsp3) is 0.450. The molecular weight excluding hydrogens is 340 g/mol. The van der Waals surface area contributed by atoms with E-state index in [2.05, 4.69) is 51.2 Å². The highest BCUT2D eigenvalue weighted by Gasteiger charge is 2.15. The average molecular weight is 366 g/mol. The Balaban J connectivity index is 1.55. The second-order valence-electron chi connectivity index (χ2n) is 7.08. The number of benzene rings is 1. The summed E-state index contributed by atoms with van der Waals surface area (Å²) in [7, 11) is 0. The molecule has 1 aliphatic rings. The molecule has 0 bridgehead atoms. The molecule has 0 spiro atoms. The molecule has 1 aliphatic heterocycles. The van der Waals surface area contributed by atoms with Crippen LogP contribution in [0.25, 0.3) is 11.0 Å². The molecule has 7 heteroatoms. The molecule has 4 rings (SSSR count). The molecular formula is C20H26N6O. The molecule has 27 heavy (non-hydrogen) atoms. The van der Waals surface area contributed by atoms with Gasteiger partial charge in [-0.2, -0.15) is 15.1 Å². The van der Waals surface area contributed by atoms with Gasteiger partial charge in [0.05, 0.1) is 24.7 Å². The molecule has 1 aromatic carbocycles. The maximum absolute atomic E-state index is 6.08.